The van der Waals surface area contributed by atoms with Gasteiger partial charge in [-0.05, 0) is 41.1 Å². The molecule has 0 saturated heterocycles. The number of hydrogen-bond acceptors (Lipinski definition) is 6. The van der Waals surface area contributed by atoms with Crippen molar-refractivity contribution in [1.82, 2.24) is 19.9 Å². The summed E-state index contributed by atoms with van der Waals surface area (Å²) >= 11 is 3.22. The number of aromatic nitrogens is 3. The van der Waals surface area contributed by atoms with Crippen molar-refractivity contribution in [2.75, 3.05) is 7.05 Å². The monoisotopic (exact) mass is 419 g/mol. The number of halogens is 1. The number of carbonyl (C=O) groups is 1. The van der Waals surface area contributed by atoms with Gasteiger partial charge in [0, 0.05) is 19.2 Å². The number of rotatable bonds is 5. The van der Waals surface area contributed by atoms with Gasteiger partial charge in [-0.2, -0.15) is 0 Å². The van der Waals surface area contributed by atoms with Crippen LogP contribution >= 0.6 is 15.9 Å². The van der Waals surface area contributed by atoms with Crippen LogP contribution in [0.25, 0.3) is 5.69 Å². The molecule has 0 aliphatic rings. The molecule has 2 heterocycles. The lowest BCUT2D eigenvalue weighted by Crippen LogP contribution is -2.27. The summed E-state index contributed by atoms with van der Waals surface area (Å²) < 4.78 is 7.38. The van der Waals surface area contributed by atoms with E-state index in [1.807, 2.05) is 0 Å². The summed E-state index contributed by atoms with van der Waals surface area (Å²) in [5, 5.41) is 18.8. The molecule has 1 amide bonds. The number of hydrogen-bond donors (Lipinski definition) is 0. The first kappa shape index (κ1) is 17.8. The van der Waals surface area contributed by atoms with Gasteiger partial charge in [0.1, 0.15) is 5.76 Å². The molecule has 10 heteroatoms. The lowest BCUT2D eigenvalue weighted by Gasteiger charge is -2.14. The summed E-state index contributed by atoms with van der Waals surface area (Å²) in [4.78, 5) is 24.5. The zero-order valence-corrected chi connectivity index (χ0v) is 15.5. The van der Waals surface area contributed by atoms with Crippen molar-refractivity contribution in [3.05, 3.63) is 68.3 Å². The number of furan rings is 1. The van der Waals surface area contributed by atoms with Crippen LogP contribution in [0.1, 0.15) is 21.9 Å². The number of nitrogens with zero attached hydrogens (tertiary/aromatic N) is 5. The lowest BCUT2D eigenvalue weighted by atomic mass is 10.2. The molecule has 3 rings (SSSR count). The van der Waals surface area contributed by atoms with Crippen molar-refractivity contribution in [2.45, 2.75) is 13.5 Å². The fourth-order valence-corrected chi connectivity index (χ4v) is 2.77. The van der Waals surface area contributed by atoms with Crippen LogP contribution in [-0.4, -0.2) is 37.8 Å². The van der Waals surface area contributed by atoms with Crippen LogP contribution in [0.15, 0.2) is 45.5 Å². The van der Waals surface area contributed by atoms with Gasteiger partial charge in [0.2, 0.25) is 0 Å². The van der Waals surface area contributed by atoms with Crippen molar-refractivity contribution < 1.29 is 14.1 Å². The van der Waals surface area contributed by atoms with Crippen molar-refractivity contribution in [3.63, 3.8) is 0 Å². The molecule has 0 spiro atoms. The Morgan fingerprint density at radius 2 is 2.15 bits per heavy atom. The van der Waals surface area contributed by atoms with Gasteiger partial charge in [-0.15, -0.1) is 5.10 Å². The highest BCUT2D eigenvalue weighted by atomic mass is 79.9. The van der Waals surface area contributed by atoms with Crippen LogP contribution in [0.3, 0.4) is 0 Å². The molecule has 0 aliphatic heterocycles. The van der Waals surface area contributed by atoms with E-state index in [1.165, 1.54) is 21.7 Å². The highest BCUT2D eigenvalue weighted by Gasteiger charge is 2.22. The summed E-state index contributed by atoms with van der Waals surface area (Å²) in [5.41, 5.74) is 1.05. The summed E-state index contributed by atoms with van der Waals surface area (Å²) in [5.74, 6) is 0.295. The minimum Gasteiger partial charge on any atom is -0.452 e. The van der Waals surface area contributed by atoms with E-state index in [2.05, 4.69) is 26.2 Å². The Morgan fingerprint density at radius 3 is 2.81 bits per heavy atom. The number of nitro groups is 1. The van der Waals surface area contributed by atoms with Crippen LogP contribution in [0.5, 0.6) is 0 Å². The van der Waals surface area contributed by atoms with Gasteiger partial charge in [-0.25, -0.2) is 4.68 Å². The van der Waals surface area contributed by atoms with Gasteiger partial charge in [0.25, 0.3) is 11.6 Å². The molecule has 9 nitrogen and oxygen atoms in total. The molecule has 0 saturated carbocycles. The Kier molecular flexibility index (Phi) is 4.85. The maximum atomic E-state index is 12.6. The predicted octanol–water partition coefficient (Wildman–Crippen LogP) is 3.11. The van der Waals surface area contributed by atoms with E-state index in [-0.39, 0.29) is 23.8 Å². The first-order valence-electron chi connectivity index (χ1n) is 7.53. The molecular formula is C16H14BrN5O4. The third-order valence-corrected chi connectivity index (χ3v) is 4.18. The van der Waals surface area contributed by atoms with Gasteiger partial charge in [0.05, 0.1) is 22.8 Å². The average molecular weight is 420 g/mol. The molecular weight excluding hydrogens is 406 g/mol. The Morgan fingerprint density at radius 1 is 1.38 bits per heavy atom. The number of nitro benzene ring substituents is 1. The van der Waals surface area contributed by atoms with Crippen molar-refractivity contribution in [1.29, 1.82) is 0 Å². The second kappa shape index (κ2) is 7.08. The van der Waals surface area contributed by atoms with E-state index in [0.29, 0.717) is 21.8 Å². The molecule has 0 radical (unpaired) electrons. The van der Waals surface area contributed by atoms with E-state index in [4.69, 9.17) is 4.42 Å². The molecule has 0 unspecified atom stereocenters. The Labute approximate surface area is 156 Å². The zero-order chi connectivity index (χ0) is 18.8. The average Bonchev–Trinajstić information content (AvgIpc) is 3.19. The highest BCUT2D eigenvalue weighted by molar-refractivity contribution is 9.10. The number of amides is 1. The summed E-state index contributed by atoms with van der Waals surface area (Å²) in [7, 11) is 1.63. The van der Waals surface area contributed by atoms with Crippen molar-refractivity contribution in [3.8, 4) is 5.69 Å². The van der Waals surface area contributed by atoms with Gasteiger partial charge in [-0.1, -0.05) is 11.3 Å². The third-order valence-electron chi connectivity index (χ3n) is 3.75. The van der Waals surface area contributed by atoms with Crippen LogP contribution in [-0.2, 0) is 6.54 Å². The molecule has 0 bridgehead atoms. The second-order valence-corrected chi connectivity index (χ2v) is 6.36. The quantitative estimate of drug-likeness (QED) is 0.464. The minimum atomic E-state index is -0.489. The summed E-state index contributed by atoms with van der Waals surface area (Å²) in [6.45, 7) is 1.96. The topological polar surface area (TPSA) is 107 Å². The molecule has 26 heavy (non-hydrogen) atoms. The molecule has 0 fully saturated rings. The smallest absolute Gasteiger partial charge is 0.276 e. The molecule has 0 aliphatic carbocycles. The zero-order valence-electron chi connectivity index (χ0n) is 13.9. The SMILES string of the molecule is Cc1c(C(=O)N(C)Cc2ccc(Br)o2)nnn1-c1cccc([N+](=O)[O-])c1. The molecule has 0 atom stereocenters. The van der Waals surface area contributed by atoms with Crippen LogP contribution in [0.4, 0.5) is 5.69 Å². The first-order valence-corrected chi connectivity index (χ1v) is 8.33. The standard InChI is InChI=1S/C16H14BrN5O4/c1-10-15(16(23)20(2)9-13-6-7-14(17)26-13)18-19-21(10)11-4-3-5-12(8-11)22(24)25/h3-8H,9H2,1-2H3. The normalized spacial score (nSPS) is 10.7. The van der Waals surface area contributed by atoms with E-state index in [9.17, 15) is 14.9 Å². The fraction of sp³-hybridized carbons (Fsp3) is 0.188. The number of non-ortho nitro benzene ring substituents is 1. The van der Waals surface area contributed by atoms with Crippen LogP contribution < -0.4 is 0 Å². The maximum absolute atomic E-state index is 12.6. The molecule has 1 aromatic carbocycles. The van der Waals surface area contributed by atoms with Crippen molar-refractivity contribution >= 4 is 27.5 Å². The maximum Gasteiger partial charge on any atom is 0.276 e. The van der Waals surface area contributed by atoms with Gasteiger partial charge in [0.15, 0.2) is 10.4 Å². The van der Waals surface area contributed by atoms with Crippen LogP contribution in [0, 0.1) is 17.0 Å². The molecule has 2 aromatic heterocycles. The van der Waals surface area contributed by atoms with Gasteiger partial charge < -0.3 is 9.32 Å². The van der Waals surface area contributed by atoms with E-state index < -0.39 is 4.92 Å². The Balaban J connectivity index is 1.85. The number of benzene rings is 1. The molecule has 134 valence electrons. The second-order valence-electron chi connectivity index (χ2n) is 5.58. The van der Waals surface area contributed by atoms with E-state index in [0.717, 1.165) is 0 Å². The third kappa shape index (κ3) is 3.49. The van der Waals surface area contributed by atoms with Crippen LogP contribution in [0.2, 0.25) is 0 Å². The first-order chi connectivity index (χ1) is 12.4. The largest absolute Gasteiger partial charge is 0.452 e. The van der Waals surface area contributed by atoms with Gasteiger partial charge in [-0.3, -0.25) is 14.9 Å². The van der Waals surface area contributed by atoms with Crippen molar-refractivity contribution in [2.24, 2.45) is 0 Å². The predicted molar refractivity (Wildman–Crippen MR) is 95.0 cm³/mol. The summed E-state index contributed by atoms with van der Waals surface area (Å²) in [6.07, 6.45) is 0. The fourth-order valence-electron chi connectivity index (χ4n) is 2.43. The Bertz CT molecular complexity index is 981. The van der Waals surface area contributed by atoms with E-state index >= 15 is 0 Å². The molecule has 0 N–H and O–H groups in total. The minimum absolute atomic E-state index is 0.0641. The summed E-state index contributed by atoms with van der Waals surface area (Å²) in [6, 6.07) is 9.49. The highest BCUT2D eigenvalue weighted by Crippen LogP contribution is 2.20. The molecule has 3 aromatic rings. The van der Waals surface area contributed by atoms with Gasteiger partial charge >= 0.3 is 0 Å². The van der Waals surface area contributed by atoms with E-state index in [1.54, 1.807) is 38.2 Å². The Hall–Kier alpha value is -3.01. The number of carbonyl (C=O) groups excluding carboxylic acids is 1. The lowest BCUT2D eigenvalue weighted by molar-refractivity contribution is -0.384.